The Morgan fingerprint density at radius 1 is 1.26 bits per heavy atom. The molecule has 1 saturated heterocycles. The number of nitrogens with one attached hydrogen (secondary N) is 1. The molecule has 172 valence electrons. The van der Waals surface area contributed by atoms with Gasteiger partial charge in [-0.15, -0.1) is 0 Å². The number of anilines is 1. The number of alkyl halides is 2. The van der Waals surface area contributed by atoms with E-state index >= 15 is 0 Å². The van der Waals surface area contributed by atoms with Gasteiger partial charge < -0.3 is 24.4 Å². The summed E-state index contributed by atoms with van der Waals surface area (Å²) in [5, 5.41) is 2.95. The van der Waals surface area contributed by atoms with Gasteiger partial charge in [0.1, 0.15) is 0 Å². The standard InChI is InChI=1S/C22H31F2N3O4/c1-29-8-9-30-12-17(16-4-5-16)10-25-21(28)20-18(27-13-22(23,24)14-27)6-7-19(26-20)31-11-15-2-3-15/h6-7,15-17H,2-5,8-14H2,1H3,(H,25,28)/t17-/m0/s1. The number of aromatic nitrogens is 1. The van der Waals surface area contributed by atoms with Gasteiger partial charge in [0, 0.05) is 25.6 Å². The second kappa shape index (κ2) is 9.65. The minimum absolute atomic E-state index is 0.138. The molecule has 1 amide bonds. The average Bonchev–Trinajstić information content (AvgIpc) is 3.63. The molecule has 0 spiro atoms. The number of nitrogens with zero attached hydrogens (tertiary/aromatic N) is 2. The first-order chi connectivity index (χ1) is 14.9. The van der Waals surface area contributed by atoms with Gasteiger partial charge in [0.05, 0.1) is 45.2 Å². The third-order valence-corrected chi connectivity index (χ3v) is 5.99. The molecule has 7 nitrogen and oxygen atoms in total. The van der Waals surface area contributed by atoms with E-state index in [1.165, 1.54) is 4.90 Å². The van der Waals surface area contributed by atoms with E-state index in [0.29, 0.717) is 56.4 Å². The highest BCUT2D eigenvalue weighted by Gasteiger charge is 2.45. The highest BCUT2D eigenvalue weighted by Crippen LogP contribution is 2.37. The highest BCUT2D eigenvalue weighted by molar-refractivity contribution is 5.98. The normalized spacial score (nSPS) is 20.8. The molecule has 4 rings (SSSR count). The van der Waals surface area contributed by atoms with E-state index in [1.54, 1.807) is 19.2 Å². The summed E-state index contributed by atoms with van der Waals surface area (Å²) in [5.74, 6) is -1.44. The Kier molecular flexibility index (Phi) is 6.91. The zero-order valence-electron chi connectivity index (χ0n) is 17.9. The molecule has 9 heteroatoms. The van der Waals surface area contributed by atoms with Crippen molar-refractivity contribution < 1.29 is 27.8 Å². The van der Waals surface area contributed by atoms with E-state index in [0.717, 1.165) is 25.7 Å². The third-order valence-electron chi connectivity index (χ3n) is 5.99. The van der Waals surface area contributed by atoms with E-state index in [9.17, 15) is 13.6 Å². The molecule has 0 aromatic carbocycles. The van der Waals surface area contributed by atoms with Crippen molar-refractivity contribution in [1.29, 1.82) is 0 Å². The van der Waals surface area contributed by atoms with Crippen LogP contribution in [0.4, 0.5) is 14.5 Å². The van der Waals surface area contributed by atoms with Gasteiger partial charge in [0.15, 0.2) is 5.69 Å². The van der Waals surface area contributed by atoms with Crippen molar-refractivity contribution in [2.24, 2.45) is 17.8 Å². The van der Waals surface area contributed by atoms with E-state index in [1.807, 2.05) is 0 Å². The van der Waals surface area contributed by atoms with Gasteiger partial charge >= 0.3 is 0 Å². The van der Waals surface area contributed by atoms with Crippen LogP contribution in [-0.4, -0.2) is 70.0 Å². The lowest BCUT2D eigenvalue weighted by molar-refractivity contribution is -0.0263. The predicted molar refractivity (Wildman–Crippen MR) is 111 cm³/mol. The summed E-state index contributed by atoms with van der Waals surface area (Å²) in [6.07, 6.45) is 4.54. The summed E-state index contributed by atoms with van der Waals surface area (Å²) < 4.78 is 43.2. The maximum Gasteiger partial charge on any atom is 0.282 e. The number of rotatable bonds is 13. The van der Waals surface area contributed by atoms with Crippen molar-refractivity contribution >= 4 is 11.6 Å². The Labute approximate surface area is 181 Å². The molecule has 2 aliphatic carbocycles. The molecule has 1 aliphatic heterocycles. The lowest BCUT2D eigenvalue weighted by Crippen LogP contribution is -2.57. The Morgan fingerprint density at radius 2 is 2.03 bits per heavy atom. The van der Waals surface area contributed by atoms with Crippen LogP contribution in [0.1, 0.15) is 36.2 Å². The molecular formula is C22H31F2N3O4. The molecule has 3 fully saturated rings. The van der Waals surface area contributed by atoms with E-state index in [-0.39, 0.29) is 17.5 Å². The van der Waals surface area contributed by atoms with Crippen LogP contribution in [-0.2, 0) is 9.47 Å². The zero-order valence-corrected chi connectivity index (χ0v) is 17.9. The fraction of sp³-hybridized carbons (Fsp3) is 0.727. The lowest BCUT2D eigenvalue weighted by atomic mass is 10.0. The van der Waals surface area contributed by atoms with Crippen molar-refractivity contribution in [3.63, 3.8) is 0 Å². The van der Waals surface area contributed by atoms with Crippen LogP contribution < -0.4 is 15.0 Å². The van der Waals surface area contributed by atoms with Crippen LogP contribution in [0.3, 0.4) is 0 Å². The van der Waals surface area contributed by atoms with Crippen molar-refractivity contribution in [2.45, 2.75) is 31.6 Å². The molecule has 0 radical (unpaired) electrons. The monoisotopic (exact) mass is 439 g/mol. The largest absolute Gasteiger partial charge is 0.477 e. The number of pyridine rings is 1. The number of methoxy groups -OCH3 is 1. The summed E-state index contributed by atoms with van der Waals surface area (Å²) in [7, 11) is 1.63. The van der Waals surface area contributed by atoms with Crippen molar-refractivity contribution in [1.82, 2.24) is 10.3 Å². The third kappa shape index (κ3) is 6.26. The number of amides is 1. The van der Waals surface area contributed by atoms with Gasteiger partial charge in [-0.2, -0.15) is 0 Å². The Balaban J connectivity index is 1.39. The van der Waals surface area contributed by atoms with Gasteiger partial charge in [-0.3, -0.25) is 4.79 Å². The molecular weight excluding hydrogens is 408 g/mol. The van der Waals surface area contributed by atoms with Gasteiger partial charge in [0.2, 0.25) is 5.88 Å². The average molecular weight is 440 g/mol. The smallest absolute Gasteiger partial charge is 0.282 e. The van der Waals surface area contributed by atoms with Gasteiger partial charge in [0.25, 0.3) is 11.8 Å². The summed E-state index contributed by atoms with van der Waals surface area (Å²) in [6.45, 7) is 1.81. The Morgan fingerprint density at radius 3 is 2.68 bits per heavy atom. The van der Waals surface area contributed by atoms with Crippen molar-refractivity contribution in [2.75, 3.05) is 58.1 Å². The molecule has 0 bridgehead atoms. The number of hydrogen-bond acceptors (Lipinski definition) is 6. The summed E-state index contributed by atoms with van der Waals surface area (Å²) in [5.41, 5.74) is 0.556. The van der Waals surface area contributed by atoms with Crippen LogP contribution >= 0.6 is 0 Å². The Bertz CT molecular complexity index is 763. The minimum Gasteiger partial charge on any atom is -0.477 e. The second-order valence-electron chi connectivity index (χ2n) is 8.86. The zero-order chi connectivity index (χ0) is 21.8. The first-order valence-corrected chi connectivity index (χ1v) is 11.1. The molecule has 1 N–H and O–H groups in total. The second-order valence-corrected chi connectivity index (χ2v) is 8.86. The molecule has 31 heavy (non-hydrogen) atoms. The fourth-order valence-electron chi connectivity index (χ4n) is 3.72. The van der Waals surface area contributed by atoms with Crippen LogP contribution in [0, 0.1) is 17.8 Å². The molecule has 3 aliphatic rings. The lowest BCUT2D eigenvalue weighted by Gasteiger charge is -2.40. The molecule has 1 aromatic rings. The Hall–Kier alpha value is -2.00. The first kappa shape index (κ1) is 22.2. The number of ether oxygens (including phenoxy) is 3. The number of hydrogen-bond donors (Lipinski definition) is 1. The van der Waals surface area contributed by atoms with Gasteiger partial charge in [-0.1, -0.05) is 0 Å². The maximum absolute atomic E-state index is 13.4. The van der Waals surface area contributed by atoms with E-state index < -0.39 is 19.0 Å². The van der Waals surface area contributed by atoms with Gasteiger partial charge in [-0.25, -0.2) is 13.8 Å². The van der Waals surface area contributed by atoms with Crippen LogP contribution in [0.25, 0.3) is 0 Å². The minimum atomic E-state index is -2.73. The van der Waals surface area contributed by atoms with Crippen molar-refractivity contribution in [3.8, 4) is 5.88 Å². The van der Waals surface area contributed by atoms with Crippen LogP contribution in [0.2, 0.25) is 0 Å². The summed E-state index contributed by atoms with van der Waals surface area (Å²) >= 11 is 0. The number of halogens is 2. The highest BCUT2D eigenvalue weighted by atomic mass is 19.3. The maximum atomic E-state index is 13.4. The van der Waals surface area contributed by atoms with Crippen LogP contribution in [0.15, 0.2) is 12.1 Å². The molecule has 2 heterocycles. The fourth-order valence-corrected chi connectivity index (χ4v) is 3.72. The van der Waals surface area contributed by atoms with Crippen LogP contribution in [0.5, 0.6) is 5.88 Å². The predicted octanol–water partition coefficient (Wildman–Crippen LogP) is 2.74. The molecule has 1 atom stereocenters. The van der Waals surface area contributed by atoms with Crippen molar-refractivity contribution in [3.05, 3.63) is 17.8 Å². The molecule has 2 saturated carbocycles. The SMILES string of the molecule is COCCOC[C@H](CNC(=O)c1nc(OCC2CC2)ccc1N1CC(F)(F)C1)C1CC1. The van der Waals surface area contributed by atoms with E-state index in [4.69, 9.17) is 14.2 Å². The number of carbonyl (C=O) groups is 1. The molecule has 0 unspecified atom stereocenters. The quantitative estimate of drug-likeness (QED) is 0.477. The van der Waals surface area contributed by atoms with Gasteiger partial charge in [-0.05, 0) is 43.6 Å². The topological polar surface area (TPSA) is 72.9 Å². The number of carbonyl (C=O) groups excluding carboxylic acids is 1. The summed E-state index contributed by atoms with van der Waals surface area (Å²) in [6, 6.07) is 3.31. The summed E-state index contributed by atoms with van der Waals surface area (Å²) in [4.78, 5) is 18.9. The molecule has 1 aromatic heterocycles. The van der Waals surface area contributed by atoms with E-state index in [2.05, 4.69) is 10.3 Å². The first-order valence-electron chi connectivity index (χ1n) is 11.1.